The topological polar surface area (TPSA) is 275 Å². The Kier molecular flexibility index (Phi) is 11.3. The Morgan fingerprint density at radius 3 is 2.00 bits per heavy atom. The van der Waals surface area contributed by atoms with Gasteiger partial charge in [-0.15, -0.1) is 0 Å². The van der Waals surface area contributed by atoms with Crippen LogP contribution in [0.3, 0.4) is 0 Å². The number of hydrogen-bond donors (Lipinski definition) is 2. The monoisotopic (exact) mass is 770 g/mol. The lowest BCUT2D eigenvalue weighted by Crippen LogP contribution is -2.63. The molecule has 5 atom stereocenters. The first-order chi connectivity index (χ1) is 25.3. The van der Waals surface area contributed by atoms with Gasteiger partial charge in [0.05, 0.1) is 45.3 Å². The quantitative estimate of drug-likeness (QED) is 0.0628. The molecule has 2 aromatic rings. The van der Waals surface area contributed by atoms with Crippen molar-refractivity contribution in [2.75, 3.05) is 25.9 Å². The second-order valence-electron chi connectivity index (χ2n) is 13.1. The van der Waals surface area contributed by atoms with Crippen LogP contribution in [-0.4, -0.2) is 107 Å². The molecule has 0 radical (unpaired) electrons. The van der Waals surface area contributed by atoms with E-state index in [2.05, 4.69) is 9.71 Å². The van der Waals surface area contributed by atoms with Gasteiger partial charge in [-0.05, 0) is 55.6 Å². The first kappa shape index (κ1) is 39.3. The maximum absolute atomic E-state index is 13.5. The van der Waals surface area contributed by atoms with Gasteiger partial charge in [0.25, 0.3) is 21.4 Å². The molecule has 2 amide bonds. The van der Waals surface area contributed by atoms with Crippen molar-refractivity contribution in [2.24, 2.45) is 22.2 Å². The fourth-order valence-electron chi connectivity index (χ4n) is 6.81. The predicted octanol–water partition coefficient (Wildman–Crippen LogP) is 1.93. The van der Waals surface area contributed by atoms with Gasteiger partial charge in [-0.1, -0.05) is 6.92 Å². The largest absolute Gasteiger partial charge is 0.420 e. The summed E-state index contributed by atoms with van der Waals surface area (Å²) in [5, 5.41) is 34.4. The molecule has 2 aromatic carbocycles. The van der Waals surface area contributed by atoms with E-state index in [1.54, 1.807) is 6.92 Å². The van der Waals surface area contributed by atoms with Gasteiger partial charge in [0.2, 0.25) is 5.91 Å². The maximum Gasteiger partial charge on any atom is 0.420 e. The lowest BCUT2D eigenvalue weighted by Gasteiger charge is -2.46. The number of likely N-dealkylation sites (tertiary alicyclic amines) is 1. The summed E-state index contributed by atoms with van der Waals surface area (Å²) in [6.07, 6.45) is -1.20. The smallest absolute Gasteiger partial charge is 0.393 e. The van der Waals surface area contributed by atoms with Crippen LogP contribution in [0, 0.1) is 38.0 Å². The van der Waals surface area contributed by atoms with Crippen molar-refractivity contribution in [2.45, 2.75) is 38.8 Å². The van der Waals surface area contributed by atoms with Crippen LogP contribution in [0.5, 0.6) is 0 Å². The van der Waals surface area contributed by atoms with E-state index >= 15 is 0 Å². The number of β-lactam (4-membered cyclic amide) rings is 1. The average Bonchev–Trinajstić information content (AvgIpc) is 3.62. The van der Waals surface area contributed by atoms with Gasteiger partial charge in [0.1, 0.15) is 11.5 Å². The normalized spacial score (nSPS) is 21.9. The summed E-state index contributed by atoms with van der Waals surface area (Å²) >= 11 is 0. The third kappa shape index (κ3) is 8.64. The number of nitro benzene ring substituents is 2. The Morgan fingerprint density at radius 2 is 1.50 bits per heavy atom. The summed E-state index contributed by atoms with van der Waals surface area (Å²) in [5.74, 6) is -5.80. The molecule has 0 saturated carbocycles. The Balaban J connectivity index is 1.28. The van der Waals surface area contributed by atoms with Crippen molar-refractivity contribution in [1.82, 2.24) is 15.1 Å². The highest BCUT2D eigenvalue weighted by Crippen LogP contribution is 2.48. The van der Waals surface area contributed by atoms with Crippen molar-refractivity contribution >= 4 is 57.1 Å². The molecule has 5 rings (SSSR count). The molecule has 0 aromatic heterocycles. The van der Waals surface area contributed by atoms with E-state index in [0.717, 1.165) is 54.8 Å². The zero-order chi connectivity index (χ0) is 39.6. The Hall–Kier alpha value is -5.93. The number of fused-ring (bicyclic) bond motifs is 1. The van der Waals surface area contributed by atoms with Gasteiger partial charge < -0.3 is 19.5 Å². The minimum Gasteiger partial charge on any atom is -0.393 e. The molecule has 286 valence electrons. The van der Waals surface area contributed by atoms with Crippen LogP contribution < -0.4 is 5.32 Å². The molecule has 0 bridgehead atoms. The van der Waals surface area contributed by atoms with E-state index in [-0.39, 0.29) is 52.9 Å². The predicted molar refractivity (Wildman–Crippen MR) is 184 cm³/mol. The van der Waals surface area contributed by atoms with Crippen LogP contribution >= 0.6 is 0 Å². The van der Waals surface area contributed by atoms with Crippen molar-refractivity contribution < 1.29 is 56.8 Å². The summed E-state index contributed by atoms with van der Waals surface area (Å²) < 4.78 is 37.6. The number of sulfonamides is 1. The molecule has 21 heteroatoms. The van der Waals surface area contributed by atoms with E-state index in [4.69, 9.17) is 9.47 Å². The number of ether oxygens (including phenoxy) is 2. The molecule has 0 aliphatic carbocycles. The summed E-state index contributed by atoms with van der Waals surface area (Å²) in [7, 11) is -4.04. The molecule has 3 aliphatic heterocycles. The minimum absolute atomic E-state index is 0.0883. The van der Waals surface area contributed by atoms with Gasteiger partial charge in [-0.25, -0.2) is 27.6 Å². The number of amides is 2. The van der Waals surface area contributed by atoms with E-state index in [1.165, 1.54) is 11.8 Å². The number of non-ortho nitro benzene ring substituents is 2. The summed E-state index contributed by atoms with van der Waals surface area (Å²) in [6.45, 7) is 4.04. The number of nitrogens with zero attached hydrogens (tertiary/aromatic N) is 5. The first-order valence-electron chi connectivity index (χ1n) is 16.4. The Morgan fingerprint density at radius 1 is 0.963 bits per heavy atom. The van der Waals surface area contributed by atoms with Crippen LogP contribution in [0.25, 0.3) is 0 Å². The highest BCUT2D eigenvalue weighted by atomic mass is 32.2. The summed E-state index contributed by atoms with van der Waals surface area (Å²) in [5.41, 5.74) is -0.599. The van der Waals surface area contributed by atoms with Crippen LogP contribution in [-0.2, 0) is 29.1 Å². The number of nitro groups is 2. The molecule has 54 heavy (non-hydrogen) atoms. The molecule has 0 spiro atoms. The molecule has 2 saturated heterocycles. The number of hydrogen-bond acceptors (Lipinski definition) is 15. The number of nitrogens with one attached hydrogen (secondary N) is 1. The number of esters is 3. The van der Waals surface area contributed by atoms with E-state index in [9.17, 15) is 57.7 Å². The van der Waals surface area contributed by atoms with Gasteiger partial charge in [-0.3, -0.25) is 35.2 Å². The summed E-state index contributed by atoms with van der Waals surface area (Å²) in [4.78, 5) is 88.2. The van der Waals surface area contributed by atoms with Crippen molar-refractivity contribution in [3.8, 4) is 0 Å². The van der Waals surface area contributed by atoms with E-state index < -0.39 is 73.8 Å². The number of rotatable bonds is 11. The number of carbonyl (C=O) groups excluding carboxylic acids is 5. The molecule has 3 aliphatic rings. The minimum atomic E-state index is -4.04. The second-order valence-corrected chi connectivity index (χ2v) is 14.7. The van der Waals surface area contributed by atoms with E-state index in [1.807, 2.05) is 4.90 Å². The Labute approximate surface area is 306 Å². The molecule has 0 unspecified atom stereocenters. The van der Waals surface area contributed by atoms with Gasteiger partial charge in [0, 0.05) is 49.7 Å². The zero-order valence-corrected chi connectivity index (χ0v) is 29.8. The fraction of sp³-hybridized carbons (Fsp3) is 0.394. The maximum atomic E-state index is 13.5. The number of carbonyl (C=O) groups is 5. The number of aliphatic hydroxyl groups excluding tert-OH is 1. The van der Waals surface area contributed by atoms with Crippen molar-refractivity contribution in [3.05, 3.63) is 91.2 Å². The number of amidine groups is 1. The molecular formula is C33H34N6O14S. The highest BCUT2D eigenvalue weighted by Gasteiger charge is 2.60. The number of benzene rings is 2. The first-order valence-corrected chi connectivity index (χ1v) is 18.2. The average molecular weight is 771 g/mol. The third-order valence-electron chi connectivity index (χ3n) is 9.28. The van der Waals surface area contributed by atoms with Crippen LogP contribution in [0.4, 0.5) is 16.2 Å². The molecule has 20 nitrogen and oxygen atoms in total. The number of alkyl carbamates (subject to hydrolysis) is 1. The molecular weight excluding hydrogens is 736 g/mol. The lowest BCUT2D eigenvalue weighted by molar-refractivity contribution is -0.385. The zero-order valence-electron chi connectivity index (χ0n) is 28.9. The van der Waals surface area contributed by atoms with Gasteiger partial charge in [-0.2, -0.15) is 4.40 Å². The Bertz CT molecular complexity index is 2080. The van der Waals surface area contributed by atoms with Crippen molar-refractivity contribution in [3.63, 3.8) is 0 Å². The molecule has 3 heterocycles. The van der Waals surface area contributed by atoms with Crippen molar-refractivity contribution in [1.29, 1.82) is 0 Å². The third-order valence-corrected chi connectivity index (χ3v) is 9.83. The fourth-order valence-corrected chi connectivity index (χ4v) is 7.33. The van der Waals surface area contributed by atoms with Crippen LogP contribution in [0.2, 0.25) is 0 Å². The molecule has 2 N–H and O–H groups in total. The highest BCUT2D eigenvalue weighted by molar-refractivity contribution is 7.89. The standard InChI is InChI=1S/C33H34N6O14S/c1-17-24(28(37-27(17)26(18(2)40)29(37)41)32(44)52-30(42)20-4-8-22(9-5-20)38(46)47)16-36-13-12-19(15-36)14-25(35-54(3,50)51)34-33(45)53-31(43)21-6-10-23(11-7-21)39(48)49/h4-11,17-19,26-27,40H,12-16H2,1-3H3,(H,34,35,45)/t17-,18+,19+,26+,27+/m0/s1. The number of aliphatic hydroxyl groups is 1. The van der Waals surface area contributed by atoms with Crippen LogP contribution in [0.15, 0.2) is 64.2 Å². The second kappa shape index (κ2) is 15.6. The van der Waals surface area contributed by atoms with Gasteiger partial charge >= 0.3 is 24.0 Å². The van der Waals surface area contributed by atoms with Gasteiger partial charge in [0.15, 0.2) is 0 Å². The van der Waals surface area contributed by atoms with Crippen LogP contribution in [0.1, 0.15) is 47.4 Å². The molecule has 2 fully saturated rings. The van der Waals surface area contributed by atoms with E-state index in [0.29, 0.717) is 25.1 Å². The lowest BCUT2D eigenvalue weighted by atomic mass is 9.77. The summed E-state index contributed by atoms with van der Waals surface area (Å²) in [6, 6.07) is 8.03. The SMILES string of the molecule is C[C@@H](O)[C@H]1C(=O)N2C(C(=O)OC(=O)c3ccc([N+](=O)[O-])cc3)=C(CN3CC[C@H](CC(=NS(C)(=O)=O)NC(=O)OC(=O)c4ccc([N+](=O)[O-])cc4)C3)[C@H](C)[C@H]12.